The first-order chi connectivity index (χ1) is 8.70. The Kier molecular flexibility index (Phi) is 3.97. The second kappa shape index (κ2) is 5.67. The molecule has 0 aliphatic heterocycles. The Bertz CT molecular complexity index is 426. The predicted octanol–water partition coefficient (Wildman–Crippen LogP) is 1.82. The summed E-state index contributed by atoms with van der Waals surface area (Å²) in [7, 11) is 1.32. The molecule has 0 heterocycles. The van der Waals surface area contributed by atoms with E-state index in [0.717, 1.165) is 18.4 Å². The van der Waals surface area contributed by atoms with Gasteiger partial charge in [0.15, 0.2) is 6.04 Å². The molecule has 0 unspecified atom stereocenters. The highest BCUT2D eigenvalue weighted by molar-refractivity contribution is 5.85. The summed E-state index contributed by atoms with van der Waals surface area (Å²) in [6.45, 7) is 0. The molecule has 0 spiro atoms. The van der Waals surface area contributed by atoms with E-state index in [9.17, 15) is 9.59 Å². The first-order valence-corrected chi connectivity index (χ1v) is 6.13. The molecule has 96 valence electrons. The van der Waals surface area contributed by atoms with Gasteiger partial charge < -0.3 is 10.1 Å². The largest absolute Gasteiger partial charge is 0.467 e. The molecule has 2 rings (SSSR count). The van der Waals surface area contributed by atoms with Crippen LogP contribution in [0.1, 0.15) is 30.9 Å². The zero-order valence-electron chi connectivity index (χ0n) is 10.4. The monoisotopic (exact) mass is 247 g/mol. The van der Waals surface area contributed by atoms with Crippen molar-refractivity contribution in [2.75, 3.05) is 7.11 Å². The molecule has 0 aromatic heterocycles. The molecule has 0 saturated heterocycles. The van der Waals surface area contributed by atoms with E-state index in [1.54, 1.807) is 12.1 Å². The highest BCUT2D eigenvalue weighted by Gasteiger charge is 2.28. The van der Waals surface area contributed by atoms with E-state index in [2.05, 4.69) is 5.32 Å². The number of amides is 1. The highest BCUT2D eigenvalue weighted by atomic mass is 16.5. The van der Waals surface area contributed by atoms with Crippen LogP contribution in [0.2, 0.25) is 0 Å². The molecule has 1 aliphatic carbocycles. The van der Waals surface area contributed by atoms with E-state index in [1.807, 2.05) is 18.2 Å². The summed E-state index contributed by atoms with van der Waals surface area (Å²) in [5.74, 6) is -0.0267. The minimum atomic E-state index is -0.706. The number of methoxy groups -OCH3 is 1. The van der Waals surface area contributed by atoms with Crippen LogP contribution in [-0.4, -0.2) is 19.0 Å². The third-order valence-corrected chi connectivity index (χ3v) is 3.05. The molecule has 1 N–H and O–H groups in total. The average Bonchev–Trinajstić information content (AvgIpc) is 3.20. The van der Waals surface area contributed by atoms with Gasteiger partial charge in [0.25, 0.3) is 0 Å². The Morgan fingerprint density at radius 3 is 2.56 bits per heavy atom. The first-order valence-electron chi connectivity index (χ1n) is 6.13. The maximum absolute atomic E-state index is 11.8. The number of esters is 1. The smallest absolute Gasteiger partial charge is 0.333 e. The molecule has 1 saturated carbocycles. The summed E-state index contributed by atoms with van der Waals surface area (Å²) in [6.07, 6.45) is 2.73. The lowest BCUT2D eigenvalue weighted by Gasteiger charge is -2.16. The van der Waals surface area contributed by atoms with Gasteiger partial charge in [0, 0.05) is 6.42 Å². The van der Waals surface area contributed by atoms with Crippen molar-refractivity contribution in [2.45, 2.75) is 25.3 Å². The van der Waals surface area contributed by atoms with Crippen molar-refractivity contribution in [3.05, 3.63) is 35.9 Å². The molecule has 1 atom stereocenters. The second-order valence-electron chi connectivity index (χ2n) is 4.58. The summed E-state index contributed by atoms with van der Waals surface area (Å²) < 4.78 is 4.73. The van der Waals surface area contributed by atoms with Crippen molar-refractivity contribution in [2.24, 2.45) is 5.92 Å². The van der Waals surface area contributed by atoms with Crippen LogP contribution < -0.4 is 5.32 Å². The van der Waals surface area contributed by atoms with Gasteiger partial charge >= 0.3 is 5.97 Å². The van der Waals surface area contributed by atoms with E-state index >= 15 is 0 Å². The molecular formula is C14H17NO3. The molecule has 1 amide bonds. The van der Waals surface area contributed by atoms with Crippen molar-refractivity contribution in [1.29, 1.82) is 0 Å². The Morgan fingerprint density at radius 2 is 2.00 bits per heavy atom. The molecule has 4 heteroatoms. The number of hydrogen-bond donors (Lipinski definition) is 1. The summed E-state index contributed by atoms with van der Waals surface area (Å²) in [6, 6.07) is 8.43. The van der Waals surface area contributed by atoms with Gasteiger partial charge in [-0.1, -0.05) is 30.3 Å². The minimum Gasteiger partial charge on any atom is -0.467 e. The predicted molar refractivity (Wildman–Crippen MR) is 66.7 cm³/mol. The quantitative estimate of drug-likeness (QED) is 0.807. The van der Waals surface area contributed by atoms with Gasteiger partial charge in [-0.05, 0) is 24.3 Å². The van der Waals surface area contributed by atoms with E-state index < -0.39 is 12.0 Å². The van der Waals surface area contributed by atoms with E-state index in [1.165, 1.54) is 7.11 Å². The number of carbonyl (C=O) groups is 2. The van der Waals surface area contributed by atoms with Gasteiger partial charge in [-0.2, -0.15) is 0 Å². The molecular weight excluding hydrogens is 230 g/mol. The molecule has 1 aromatic carbocycles. The Morgan fingerprint density at radius 1 is 1.33 bits per heavy atom. The lowest BCUT2D eigenvalue weighted by atomic mass is 10.1. The Hall–Kier alpha value is -1.84. The number of ether oxygens (including phenoxy) is 1. The number of rotatable bonds is 5. The molecule has 0 radical (unpaired) electrons. The maximum Gasteiger partial charge on any atom is 0.333 e. The molecule has 4 nitrogen and oxygen atoms in total. The van der Waals surface area contributed by atoms with Gasteiger partial charge in [0.05, 0.1) is 7.11 Å². The van der Waals surface area contributed by atoms with Gasteiger partial charge in [-0.3, -0.25) is 4.79 Å². The normalized spacial score (nSPS) is 15.8. The molecule has 0 bridgehead atoms. The van der Waals surface area contributed by atoms with Crippen LogP contribution in [0.3, 0.4) is 0 Å². The Labute approximate surface area is 106 Å². The van der Waals surface area contributed by atoms with Crippen LogP contribution >= 0.6 is 0 Å². The third-order valence-electron chi connectivity index (χ3n) is 3.05. The second-order valence-corrected chi connectivity index (χ2v) is 4.58. The number of benzene rings is 1. The summed E-state index contributed by atoms with van der Waals surface area (Å²) in [5, 5.41) is 2.74. The fraction of sp³-hybridized carbons (Fsp3) is 0.429. The summed E-state index contributed by atoms with van der Waals surface area (Å²) >= 11 is 0. The maximum atomic E-state index is 11.8. The van der Waals surface area contributed by atoms with Crippen LogP contribution in [0.15, 0.2) is 30.3 Å². The van der Waals surface area contributed by atoms with Gasteiger partial charge in [0.2, 0.25) is 5.91 Å². The van der Waals surface area contributed by atoms with Crippen LogP contribution in [-0.2, 0) is 14.3 Å². The lowest BCUT2D eigenvalue weighted by Crippen LogP contribution is -2.34. The van der Waals surface area contributed by atoms with Crippen molar-refractivity contribution in [3.8, 4) is 0 Å². The standard InChI is InChI=1S/C14H17NO3/c1-18-14(17)13(11-5-3-2-4-6-11)15-12(16)9-10-7-8-10/h2-6,10,13H,7-9H2,1H3,(H,15,16)/t13-/m0/s1. The number of hydrogen-bond acceptors (Lipinski definition) is 3. The van der Waals surface area contributed by atoms with Crippen molar-refractivity contribution >= 4 is 11.9 Å². The fourth-order valence-corrected chi connectivity index (χ4v) is 1.85. The van der Waals surface area contributed by atoms with E-state index in [0.29, 0.717) is 12.3 Å². The number of carbonyl (C=O) groups excluding carboxylic acids is 2. The number of nitrogens with one attached hydrogen (secondary N) is 1. The zero-order chi connectivity index (χ0) is 13.0. The zero-order valence-corrected chi connectivity index (χ0v) is 10.4. The summed E-state index contributed by atoms with van der Waals surface area (Å²) in [5.41, 5.74) is 0.744. The Balaban J connectivity index is 2.05. The minimum absolute atomic E-state index is 0.0863. The van der Waals surface area contributed by atoms with Crippen LogP contribution in [0.25, 0.3) is 0 Å². The van der Waals surface area contributed by atoms with Gasteiger partial charge in [-0.15, -0.1) is 0 Å². The third kappa shape index (κ3) is 3.32. The van der Waals surface area contributed by atoms with E-state index in [-0.39, 0.29) is 5.91 Å². The highest BCUT2D eigenvalue weighted by Crippen LogP contribution is 2.32. The topological polar surface area (TPSA) is 55.4 Å². The van der Waals surface area contributed by atoms with E-state index in [4.69, 9.17) is 4.74 Å². The van der Waals surface area contributed by atoms with Crippen LogP contribution in [0, 0.1) is 5.92 Å². The molecule has 1 aliphatic rings. The molecule has 18 heavy (non-hydrogen) atoms. The molecule has 1 aromatic rings. The first kappa shape index (κ1) is 12.6. The van der Waals surface area contributed by atoms with Crippen LogP contribution in [0.5, 0.6) is 0 Å². The molecule has 1 fully saturated rings. The SMILES string of the molecule is COC(=O)[C@@H](NC(=O)CC1CC1)c1ccccc1. The summed E-state index contributed by atoms with van der Waals surface area (Å²) in [4.78, 5) is 23.5. The van der Waals surface area contributed by atoms with Gasteiger partial charge in [-0.25, -0.2) is 4.79 Å². The van der Waals surface area contributed by atoms with Gasteiger partial charge in [0.1, 0.15) is 0 Å². The van der Waals surface area contributed by atoms with Crippen molar-refractivity contribution in [1.82, 2.24) is 5.32 Å². The van der Waals surface area contributed by atoms with Crippen molar-refractivity contribution < 1.29 is 14.3 Å². The van der Waals surface area contributed by atoms with Crippen molar-refractivity contribution in [3.63, 3.8) is 0 Å². The lowest BCUT2D eigenvalue weighted by molar-refractivity contribution is -0.145. The average molecular weight is 247 g/mol. The fourth-order valence-electron chi connectivity index (χ4n) is 1.85. The van der Waals surface area contributed by atoms with Crippen LogP contribution in [0.4, 0.5) is 0 Å².